The molecule has 1 saturated carbocycles. The minimum absolute atomic E-state index is 0.0578. The predicted octanol–water partition coefficient (Wildman–Crippen LogP) is 1.57. The first-order valence-corrected chi connectivity index (χ1v) is 7.47. The van der Waals surface area contributed by atoms with Gasteiger partial charge < -0.3 is 20.5 Å². The smallest absolute Gasteiger partial charge is 0.251 e. The zero-order chi connectivity index (χ0) is 15.1. The summed E-state index contributed by atoms with van der Waals surface area (Å²) in [6, 6.07) is 7.42. The van der Waals surface area contributed by atoms with Gasteiger partial charge in [-0.05, 0) is 43.5 Å². The van der Waals surface area contributed by atoms with Gasteiger partial charge in [-0.3, -0.25) is 4.79 Å². The monoisotopic (exact) mass is 292 g/mol. The van der Waals surface area contributed by atoms with E-state index in [2.05, 4.69) is 5.32 Å². The number of hydrogen-bond acceptors (Lipinski definition) is 4. The Morgan fingerprint density at radius 2 is 2.24 bits per heavy atom. The van der Waals surface area contributed by atoms with E-state index in [4.69, 9.17) is 15.2 Å². The van der Waals surface area contributed by atoms with Gasteiger partial charge in [0.2, 0.25) is 0 Å². The van der Waals surface area contributed by atoms with E-state index in [1.54, 1.807) is 19.2 Å². The number of benzene rings is 1. The molecule has 0 bridgehead atoms. The summed E-state index contributed by atoms with van der Waals surface area (Å²) in [7, 11) is 1.63. The number of rotatable bonds is 7. The van der Waals surface area contributed by atoms with Crippen LogP contribution in [-0.4, -0.2) is 38.8 Å². The van der Waals surface area contributed by atoms with E-state index < -0.39 is 0 Å². The summed E-state index contributed by atoms with van der Waals surface area (Å²) in [5, 5.41) is 3.09. The summed E-state index contributed by atoms with van der Waals surface area (Å²) in [4.78, 5) is 12.3. The summed E-state index contributed by atoms with van der Waals surface area (Å²) in [5.41, 5.74) is 6.37. The van der Waals surface area contributed by atoms with Crippen LogP contribution in [-0.2, 0) is 4.74 Å². The second-order valence-electron chi connectivity index (χ2n) is 5.38. The predicted molar refractivity (Wildman–Crippen MR) is 81.5 cm³/mol. The Bertz CT molecular complexity index is 465. The Balaban J connectivity index is 1.94. The molecule has 0 radical (unpaired) electrons. The third kappa shape index (κ3) is 4.44. The van der Waals surface area contributed by atoms with Crippen molar-refractivity contribution in [3.8, 4) is 5.75 Å². The highest BCUT2D eigenvalue weighted by atomic mass is 16.5. The fraction of sp³-hybridized carbons (Fsp3) is 0.562. The molecule has 2 atom stereocenters. The van der Waals surface area contributed by atoms with Crippen molar-refractivity contribution in [2.24, 2.45) is 11.7 Å². The maximum atomic E-state index is 12.3. The normalized spacial score (nSPS) is 21.2. The fourth-order valence-corrected chi connectivity index (χ4v) is 2.73. The highest BCUT2D eigenvalue weighted by Gasteiger charge is 2.27. The quantitative estimate of drug-likeness (QED) is 0.748. The molecule has 1 aliphatic rings. The maximum Gasteiger partial charge on any atom is 0.251 e. The molecule has 0 saturated heterocycles. The Hall–Kier alpha value is -1.59. The number of nitrogens with two attached hydrogens (primary N) is 1. The molecule has 116 valence electrons. The lowest BCUT2D eigenvalue weighted by atomic mass is 10.0. The van der Waals surface area contributed by atoms with Gasteiger partial charge in [0.25, 0.3) is 5.91 Å². The molecule has 1 aromatic rings. The first-order valence-electron chi connectivity index (χ1n) is 7.47. The first kappa shape index (κ1) is 15.8. The molecule has 0 spiro atoms. The maximum absolute atomic E-state index is 12.3. The van der Waals surface area contributed by atoms with Crippen LogP contribution in [0.2, 0.25) is 0 Å². The van der Waals surface area contributed by atoms with E-state index in [0.717, 1.165) is 19.3 Å². The average molecular weight is 292 g/mol. The number of carbonyl (C=O) groups is 1. The van der Waals surface area contributed by atoms with Gasteiger partial charge in [-0.15, -0.1) is 0 Å². The highest BCUT2D eigenvalue weighted by molar-refractivity contribution is 5.94. The van der Waals surface area contributed by atoms with E-state index in [0.29, 0.717) is 37.0 Å². The second kappa shape index (κ2) is 8.00. The van der Waals surface area contributed by atoms with E-state index in [1.165, 1.54) is 0 Å². The van der Waals surface area contributed by atoms with Crippen molar-refractivity contribution < 1.29 is 14.3 Å². The molecule has 21 heavy (non-hydrogen) atoms. The molecular formula is C16H24N2O3. The van der Waals surface area contributed by atoms with Crippen LogP contribution in [0.1, 0.15) is 29.6 Å². The van der Waals surface area contributed by atoms with Crippen molar-refractivity contribution in [2.75, 3.05) is 26.9 Å². The lowest BCUT2D eigenvalue weighted by molar-refractivity contribution is 0.0928. The lowest BCUT2D eigenvalue weighted by Crippen LogP contribution is -2.39. The van der Waals surface area contributed by atoms with Crippen molar-refractivity contribution >= 4 is 5.91 Å². The second-order valence-corrected chi connectivity index (χ2v) is 5.38. The highest BCUT2D eigenvalue weighted by Crippen LogP contribution is 2.25. The van der Waals surface area contributed by atoms with Crippen LogP contribution in [0.5, 0.6) is 5.75 Å². The van der Waals surface area contributed by atoms with Gasteiger partial charge in [-0.1, -0.05) is 12.5 Å². The zero-order valence-electron chi connectivity index (χ0n) is 12.5. The average Bonchev–Trinajstić information content (AvgIpc) is 2.95. The molecule has 2 rings (SSSR count). The molecule has 1 fully saturated rings. The number of methoxy groups -OCH3 is 1. The molecule has 0 aliphatic heterocycles. The molecule has 5 nitrogen and oxygen atoms in total. The molecule has 1 aliphatic carbocycles. The molecule has 5 heteroatoms. The first-order chi connectivity index (χ1) is 10.2. The molecule has 0 aromatic heterocycles. The summed E-state index contributed by atoms with van der Waals surface area (Å²) in [5.74, 6) is 1.02. The van der Waals surface area contributed by atoms with Crippen LogP contribution in [0, 0.1) is 5.92 Å². The largest absolute Gasteiger partial charge is 0.491 e. The Morgan fingerprint density at radius 3 is 3.00 bits per heavy atom. The Labute approximate surface area is 125 Å². The summed E-state index contributed by atoms with van der Waals surface area (Å²) < 4.78 is 10.5. The third-order valence-electron chi connectivity index (χ3n) is 3.93. The van der Waals surface area contributed by atoms with Crippen molar-refractivity contribution in [1.29, 1.82) is 0 Å². The lowest BCUT2D eigenvalue weighted by Gasteiger charge is -2.19. The van der Waals surface area contributed by atoms with E-state index in [1.807, 2.05) is 12.1 Å². The summed E-state index contributed by atoms with van der Waals surface area (Å²) in [6.07, 6.45) is 3.24. The van der Waals surface area contributed by atoms with Crippen LogP contribution in [0.3, 0.4) is 0 Å². The number of ether oxygens (including phenoxy) is 2. The van der Waals surface area contributed by atoms with Gasteiger partial charge in [0.15, 0.2) is 0 Å². The fourth-order valence-electron chi connectivity index (χ4n) is 2.73. The molecule has 1 aromatic carbocycles. The molecule has 0 heterocycles. The van der Waals surface area contributed by atoms with Gasteiger partial charge >= 0.3 is 0 Å². The van der Waals surface area contributed by atoms with Gasteiger partial charge in [0.1, 0.15) is 12.4 Å². The van der Waals surface area contributed by atoms with E-state index in [9.17, 15) is 4.79 Å². The summed E-state index contributed by atoms with van der Waals surface area (Å²) >= 11 is 0. The number of nitrogens with one attached hydrogen (secondary N) is 1. The van der Waals surface area contributed by atoms with Crippen molar-refractivity contribution in [3.63, 3.8) is 0 Å². The minimum Gasteiger partial charge on any atom is -0.491 e. The van der Waals surface area contributed by atoms with Crippen molar-refractivity contribution in [2.45, 2.75) is 25.3 Å². The minimum atomic E-state index is -0.0578. The number of hydrogen-bond donors (Lipinski definition) is 2. The Kier molecular flexibility index (Phi) is 6.02. The SMILES string of the molecule is COCCOc1cccc(C(=O)NC2CCCC2CN)c1. The molecule has 1 amide bonds. The van der Waals surface area contributed by atoms with Crippen LogP contribution in [0.25, 0.3) is 0 Å². The van der Waals surface area contributed by atoms with Crippen LogP contribution >= 0.6 is 0 Å². The van der Waals surface area contributed by atoms with Crippen molar-refractivity contribution in [3.05, 3.63) is 29.8 Å². The standard InChI is InChI=1S/C16H24N2O3/c1-20-8-9-21-14-6-2-4-12(10-14)16(19)18-15-7-3-5-13(15)11-17/h2,4,6,10,13,15H,3,5,7-9,11,17H2,1H3,(H,18,19). The molecule has 3 N–H and O–H groups in total. The van der Waals surface area contributed by atoms with Crippen LogP contribution in [0.15, 0.2) is 24.3 Å². The van der Waals surface area contributed by atoms with Gasteiger partial charge in [-0.2, -0.15) is 0 Å². The number of amides is 1. The third-order valence-corrected chi connectivity index (χ3v) is 3.93. The van der Waals surface area contributed by atoms with Gasteiger partial charge in [0.05, 0.1) is 6.61 Å². The molecule has 2 unspecified atom stereocenters. The van der Waals surface area contributed by atoms with Gasteiger partial charge in [0, 0.05) is 18.7 Å². The van der Waals surface area contributed by atoms with E-state index in [-0.39, 0.29) is 11.9 Å². The van der Waals surface area contributed by atoms with Crippen molar-refractivity contribution in [1.82, 2.24) is 5.32 Å². The zero-order valence-corrected chi connectivity index (χ0v) is 12.5. The topological polar surface area (TPSA) is 73.6 Å². The van der Waals surface area contributed by atoms with Crippen LogP contribution in [0.4, 0.5) is 0 Å². The Morgan fingerprint density at radius 1 is 1.38 bits per heavy atom. The number of carbonyl (C=O) groups excluding carboxylic acids is 1. The molecular weight excluding hydrogens is 268 g/mol. The van der Waals surface area contributed by atoms with Crippen LogP contribution < -0.4 is 15.8 Å². The van der Waals surface area contributed by atoms with E-state index >= 15 is 0 Å². The van der Waals surface area contributed by atoms with Gasteiger partial charge in [-0.25, -0.2) is 0 Å². The summed E-state index contributed by atoms with van der Waals surface area (Å²) in [6.45, 7) is 1.63.